The number of nitrogens with one attached hydrogen (secondary N) is 1. The molecular formula is C32H39N3O5S. The summed E-state index contributed by atoms with van der Waals surface area (Å²) in [5.41, 5.74) is 2.20. The zero-order valence-corrected chi connectivity index (χ0v) is 24.8. The summed E-state index contributed by atoms with van der Waals surface area (Å²) in [6.07, 6.45) is 5.14. The number of carbonyl (C=O) groups is 2. The van der Waals surface area contributed by atoms with Crippen LogP contribution in [-0.2, 0) is 26.2 Å². The van der Waals surface area contributed by atoms with Gasteiger partial charge in [0.1, 0.15) is 18.3 Å². The predicted molar refractivity (Wildman–Crippen MR) is 160 cm³/mol. The van der Waals surface area contributed by atoms with Gasteiger partial charge in [-0.3, -0.25) is 13.9 Å². The second-order valence-corrected chi connectivity index (χ2v) is 12.4. The van der Waals surface area contributed by atoms with Gasteiger partial charge in [0, 0.05) is 12.6 Å². The van der Waals surface area contributed by atoms with E-state index in [0.717, 1.165) is 47.5 Å². The number of carbonyl (C=O) groups excluding carboxylic acids is 2. The monoisotopic (exact) mass is 577 g/mol. The highest BCUT2D eigenvalue weighted by atomic mass is 32.2. The number of rotatable bonds is 11. The Bertz CT molecular complexity index is 1420. The van der Waals surface area contributed by atoms with Gasteiger partial charge in [0.05, 0.1) is 17.7 Å². The van der Waals surface area contributed by atoms with E-state index in [4.69, 9.17) is 4.74 Å². The molecule has 0 unspecified atom stereocenters. The largest absolute Gasteiger partial charge is 0.497 e. The summed E-state index contributed by atoms with van der Waals surface area (Å²) >= 11 is 0. The first kappa shape index (κ1) is 30.1. The van der Waals surface area contributed by atoms with Crippen molar-refractivity contribution < 1.29 is 22.7 Å². The summed E-state index contributed by atoms with van der Waals surface area (Å²) in [6, 6.07) is 21.6. The van der Waals surface area contributed by atoms with Crippen molar-refractivity contribution >= 4 is 27.5 Å². The van der Waals surface area contributed by atoms with Crippen LogP contribution in [0.5, 0.6) is 5.75 Å². The first-order valence-corrected chi connectivity index (χ1v) is 15.5. The Balaban J connectivity index is 1.67. The van der Waals surface area contributed by atoms with Gasteiger partial charge in [0.2, 0.25) is 11.8 Å². The third kappa shape index (κ3) is 7.67. The zero-order valence-electron chi connectivity index (χ0n) is 24.0. The van der Waals surface area contributed by atoms with Gasteiger partial charge in [0.15, 0.2) is 0 Å². The molecule has 0 spiro atoms. The number of aryl methyl sites for hydroxylation is 1. The Morgan fingerprint density at radius 2 is 1.63 bits per heavy atom. The van der Waals surface area contributed by atoms with Crippen LogP contribution < -0.4 is 14.4 Å². The number of hydrogen-bond donors (Lipinski definition) is 1. The Hall–Kier alpha value is -3.85. The molecule has 1 aliphatic carbocycles. The highest BCUT2D eigenvalue weighted by molar-refractivity contribution is 7.92. The Labute approximate surface area is 243 Å². The summed E-state index contributed by atoms with van der Waals surface area (Å²) < 4.78 is 34.1. The van der Waals surface area contributed by atoms with E-state index >= 15 is 0 Å². The summed E-state index contributed by atoms with van der Waals surface area (Å²) in [5, 5.41) is 3.13. The van der Waals surface area contributed by atoms with Crippen LogP contribution >= 0.6 is 0 Å². The average Bonchev–Trinajstić information content (AvgIpc) is 2.99. The molecule has 0 aliphatic heterocycles. The molecule has 0 heterocycles. The van der Waals surface area contributed by atoms with Gasteiger partial charge in [-0.15, -0.1) is 0 Å². The summed E-state index contributed by atoms with van der Waals surface area (Å²) in [6.45, 7) is 3.36. The van der Waals surface area contributed by atoms with Crippen molar-refractivity contribution in [1.29, 1.82) is 0 Å². The van der Waals surface area contributed by atoms with Gasteiger partial charge in [-0.1, -0.05) is 67.3 Å². The zero-order chi connectivity index (χ0) is 29.4. The van der Waals surface area contributed by atoms with Crippen LogP contribution in [0.15, 0.2) is 83.8 Å². The molecule has 3 aromatic carbocycles. The van der Waals surface area contributed by atoms with Crippen molar-refractivity contribution in [1.82, 2.24) is 10.2 Å². The fourth-order valence-electron chi connectivity index (χ4n) is 5.16. The third-order valence-electron chi connectivity index (χ3n) is 7.52. The second-order valence-electron chi connectivity index (χ2n) is 10.6. The van der Waals surface area contributed by atoms with Gasteiger partial charge in [-0.05, 0) is 68.7 Å². The lowest BCUT2D eigenvalue weighted by molar-refractivity contribution is -0.139. The van der Waals surface area contributed by atoms with Gasteiger partial charge < -0.3 is 15.0 Å². The molecule has 1 N–H and O–H groups in total. The number of benzene rings is 3. The Kier molecular flexibility index (Phi) is 10.0. The van der Waals surface area contributed by atoms with E-state index in [2.05, 4.69) is 5.32 Å². The normalized spacial score (nSPS) is 14.6. The lowest BCUT2D eigenvalue weighted by Crippen LogP contribution is -2.53. The summed E-state index contributed by atoms with van der Waals surface area (Å²) in [5.74, 6) is -0.154. The number of hydrogen-bond acceptors (Lipinski definition) is 5. The lowest BCUT2D eigenvalue weighted by atomic mass is 9.95. The highest BCUT2D eigenvalue weighted by Gasteiger charge is 2.33. The van der Waals surface area contributed by atoms with E-state index in [9.17, 15) is 18.0 Å². The molecule has 0 aromatic heterocycles. The minimum Gasteiger partial charge on any atom is -0.497 e. The molecule has 41 heavy (non-hydrogen) atoms. The smallest absolute Gasteiger partial charge is 0.264 e. The number of anilines is 1. The van der Waals surface area contributed by atoms with Crippen molar-refractivity contribution in [3.05, 3.63) is 90.0 Å². The highest BCUT2D eigenvalue weighted by Crippen LogP contribution is 2.27. The molecule has 1 fully saturated rings. The van der Waals surface area contributed by atoms with E-state index < -0.39 is 28.5 Å². The van der Waals surface area contributed by atoms with E-state index in [1.807, 2.05) is 31.2 Å². The number of methoxy groups -OCH3 is 1. The average molecular weight is 578 g/mol. The first-order valence-electron chi connectivity index (χ1n) is 14.1. The predicted octanol–water partition coefficient (Wildman–Crippen LogP) is 5.07. The van der Waals surface area contributed by atoms with E-state index in [1.165, 1.54) is 24.1 Å². The van der Waals surface area contributed by atoms with Crippen LogP contribution in [-0.4, -0.2) is 50.9 Å². The maximum atomic E-state index is 14.1. The lowest BCUT2D eigenvalue weighted by Gasteiger charge is -2.33. The van der Waals surface area contributed by atoms with Crippen LogP contribution in [0.25, 0.3) is 0 Å². The number of sulfonamides is 1. The van der Waals surface area contributed by atoms with Gasteiger partial charge in [0.25, 0.3) is 10.0 Å². The molecule has 0 radical (unpaired) electrons. The number of amides is 2. The molecule has 0 bridgehead atoms. The van der Waals surface area contributed by atoms with Gasteiger partial charge in [-0.25, -0.2) is 8.42 Å². The fourth-order valence-corrected chi connectivity index (χ4v) is 6.59. The molecule has 0 saturated heterocycles. The molecule has 218 valence electrons. The van der Waals surface area contributed by atoms with E-state index in [-0.39, 0.29) is 23.4 Å². The molecule has 1 atom stereocenters. The maximum absolute atomic E-state index is 14.1. The van der Waals surface area contributed by atoms with Crippen molar-refractivity contribution in [3.8, 4) is 5.75 Å². The molecule has 1 aliphatic rings. The third-order valence-corrected chi connectivity index (χ3v) is 9.31. The molecule has 2 amide bonds. The van der Waals surface area contributed by atoms with Gasteiger partial charge in [-0.2, -0.15) is 0 Å². The molecule has 1 saturated carbocycles. The van der Waals surface area contributed by atoms with Gasteiger partial charge >= 0.3 is 0 Å². The Morgan fingerprint density at radius 3 is 2.27 bits per heavy atom. The van der Waals surface area contributed by atoms with Crippen molar-refractivity contribution in [2.45, 2.75) is 69.5 Å². The molecule has 4 rings (SSSR count). The summed E-state index contributed by atoms with van der Waals surface area (Å²) in [4.78, 5) is 29.0. The van der Waals surface area contributed by atoms with Crippen LogP contribution in [0.3, 0.4) is 0 Å². The maximum Gasteiger partial charge on any atom is 0.264 e. The molecule has 3 aromatic rings. The van der Waals surface area contributed by atoms with Crippen LogP contribution in [0.4, 0.5) is 5.69 Å². The molecule has 8 nitrogen and oxygen atoms in total. The number of ether oxygens (including phenoxy) is 1. The minimum absolute atomic E-state index is 0.0666. The quantitative estimate of drug-likeness (QED) is 0.344. The molecule has 9 heteroatoms. The topological polar surface area (TPSA) is 96.0 Å². The van der Waals surface area contributed by atoms with Crippen LogP contribution in [0.1, 0.15) is 50.2 Å². The van der Waals surface area contributed by atoms with Crippen molar-refractivity contribution in [3.63, 3.8) is 0 Å². The summed E-state index contributed by atoms with van der Waals surface area (Å²) in [7, 11) is -2.58. The van der Waals surface area contributed by atoms with E-state index in [1.54, 1.807) is 49.4 Å². The molecular weight excluding hydrogens is 538 g/mol. The first-order chi connectivity index (χ1) is 19.7. The standard InChI is InChI=1S/C32H39N3O5S/c1-24-11-10-12-26(21-24)22-34(25(2)32(37)33-27-13-6-4-7-14-27)31(36)23-35(28-17-19-29(40-3)20-18-28)41(38,39)30-15-8-5-9-16-30/h5,8-12,15-21,25,27H,4,6-7,13-14,22-23H2,1-3H3,(H,33,37)/t25-/m1/s1. The fraction of sp³-hybridized carbons (Fsp3) is 0.375. The second kappa shape index (κ2) is 13.7. The Morgan fingerprint density at radius 1 is 0.951 bits per heavy atom. The van der Waals surface area contributed by atoms with Crippen molar-refractivity contribution in [2.75, 3.05) is 18.0 Å². The van der Waals surface area contributed by atoms with Crippen molar-refractivity contribution in [2.24, 2.45) is 0 Å². The number of nitrogens with zero attached hydrogens (tertiary/aromatic N) is 2. The van der Waals surface area contributed by atoms with Crippen LogP contribution in [0, 0.1) is 6.92 Å². The SMILES string of the molecule is COc1ccc(N(CC(=O)N(Cc2cccc(C)c2)[C@H](C)C(=O)NC2CCCCC2)S(=O)(=O)c2ccccc2)cc1. The van der Waals surface area contributed by atoms with E-state index in [0.29, 0.717) is 11.4 Å². The minimum atomic E-state index is -4.11. The van der Waals surface area contributed by atoms with Crippen LogP contribution in [0.2, 0.25) is 0 Å².